The second kappa shape index (κ2) is 4.23. The molecule has 0 N–H and O–H groups in total. The zero-order valence-electron chi connectivity index (χ0n) is 12.0. The van der Waals surface area contributed by atoms with E-state index in [9.17, 15) is 4.79 Å². The number of amides is 1. The highest BCUT2D eigenvalue weighted by atomic mass is 28.3. The molecule has 2 nitrogen and oxygen atoms in total. The molecule has 0 aliphatic carbocycles. The van der Waals surface area contributed by atoms with E-state index < -0.39 is 8.24 Å². The zero-order valence-corrected chi connectivity index (χ0v) is 13.0. The Balaban J connectivity index is 2.30. The minimum absolute atomic E-state index is 0.204. The van der Waals surface area contributed by atoms with Crippen LogP contribution in [-0.2, 0) is 4.79 Å². The predicted molar refractivity (Wildman–Crippen MR) is 77.8 cm³/mol. The molecule has 1 atom stereocenters. The third kappa shape index (κ3) is 2.01. The molecular formula is C15H23NOSi. The number of benzene rings is 1. The number of carbonyl (C=O) groups excluding carboxylic acids is 1. The van der Waals surface area contributed by atoms with E-state index in [0.29, 0.717) is 18.4 Å². The summed E-state index contributed by atoms with van der Waals surface area (Å²) in [5, 5.41) is 0.204. The highest BCUT2D eigenvalue weighted by Crippen LogP contribution is 2.47. The highest BCUT2D eigenvalue weighted by molar-refractivity contribution is 6.79. The van der Waals surface area contributed by atoms with Gasteiger partial charge in [0.1, 0.15) is 0 Å². The van der Waals surface area contributed by atoms with Gasteiger partial charge >= 0.3 is 0 Å². The smallest absolute Gasteiger partial charge is 0.217 e. The summed E-state index contributed by atoms with van der Waals surface area (Å²) in [5.41, 5.74) is 1.28. The van der Waals surface area contributed by atoms with Crippen LogP contribution < -0.4 is 0 Å². The van der Waals surface area contributed by atoms with Crippen LogP contribution in [0.2, 0.25) is 18.1 Å². The topological polar surface area (TPSA) is 20.3 Å². The number of β-lactam (4-membered cyclic amide) rings is 1. The molecule has 3 heteroatoms. The molecule has 1 aromatic carbocycles. The standard InChI is InChI=1S/C15H23NOSi/c1-15(2,3)18(4,5)16-13(11-14(16)17)12-9-7-6-8-10-12/h6-10,13H,11H2,1-5H3. The SMILES string of the molecule is CC(C)(C)[Si](C)(C)N1C(=O)CC1c1ccccc1. The van der Waals surface area contributed by atoms with E-state index in [0.717, 1.165) is 0 Å². The molecule has 18 heavy (non-hydrogen) atoms. The number of nitrogens with zero attached hydrogens (tertiary/aromatic N) is 1. The number of hydrogen-bond donors (Lipinski definition) is 0. The van der Waals surface area contributed by atoms with Gasteiger partial charge in [-0.3, -0.25) is 4.79 Å². The molecule has 98 valence electrons. The van der Waals surface area contributed by atoms with Crippen LogP contribution in [0.15, 0.2) is 30.3 Å². The maximum absolute atomic E-state index is 12.1. The molecule has 1 aromatic rings. The second-order valence-corrected chi connectivity index (χ2v) is 11.8. The molecule has 1 amide bonds. The van der Waals surface area contributed by atoms with Gasteiger partial charge in [-0.1, -0.05) is 64.2 Å². The van der Waals surface area contributed by atoms with Gasteiger partial charge in [0.2, 0.25) is 5.91 Å². The van der Waals surface area contributed by atoms with Crippen molar-refractivity contribution < 1.29 is 4.79 Å². The normalized spacial score (nSPS) is 20.8. The van der Waals surface area contributed by atoms with Crippen LogP contribution in [0.25, 0.3) is 0 Å². The molecule has 0 aromatic heterocycles. The van der Waals surface area contributed by atoms with Crippen LogP contribution >= 0.6 is 0 Å². The number of hydrogen-bond acceptors (Lipinski definition) is 1. The largest absolute Gasteiger partial charge is 0.362 e. The summed E-state index contributed by atoms with van der Waals surface area (Å²) in [6.45, 7) is 11.4. The monoisotopic (exact) mass is 261 g/mol. The molecule has 1 aliphatic heterocycles. The molecular weight excluding hydrogens is 238 g/mol. The van der Waals surface area contributed by atoms with Crippen molar-refractivity contribution in [1.82, 2.24) is 4.57 Å². The van der Waals surface area contributed by atoms with Crippen LogP contribution in [0.1, 0.15) is 38.8 Å². The van der Waals surface area contributed by atoms with Gasteiger partial charge in [0.25, 0.3) is 0 Å². The Morgan fingerprint density at radius 2 is 1.72 bits per heavy atom. The lowest BCUT2D eigenvalue weighted by molar-refractivity contribution is -0.139. The summed E-state index contributed by atoms with van der Waals surface area (Å²) in [7, 11) is -1.75. The summed E-state index contributed by atoms with van der Waals surface area (Å²) >= 11 is 0. The van der Waals surface area contributed by atoms with E-state index in [1.165, 1.54) is 5.56 Å². The van der Waals surface area contributed by atoms with E-state index >= 15 is 0 Å². The third-order valence-corrected chi connectivity index (χ3v) is 10.0. The quantitative estimate of drug-likeness (QED) is 0.583. The maximum atomic E-state index is 12.1. The summed E-state index contributed by atoms with van der Waals surface area (Å²) in [4.78, 5) is 12.1. The first kappa shape index (κ1) is 13.3. The Morgan fingerprint density at radius 3 is 2.17 bits per heavy atom. The van der Waals surface area contributed by atoms with Crippen LogP contribution in [0.4, 0.5) is 0 Å². The first-order valence-corrected chi connectivity index (χ1v) is 9.57. The average Bonchev–Trinajstić information content (AvgIpc) is 2.24. The van der Waals surface area contributed by atoms with Crippen LogP contribution in [0, 0.1) is 0 Å². The Morgan fingerprint density at radius 1 is 1.17 bits per heavy atom. The fourth-order valence-corrected chi connectivity index (χ4v) is 4.88. The predicted octanol–water partition coefficient (Wildman–Crippen LogP) is 3.97. The van der Waals surface area contributed by atoms with Gasteiger partial charge in [0, 0.05) is 6.42 Å². The van der Waals surface area contributed by atoms with Crippen LogP contribution in [0.3, 0.4) is 0 Å². The molecule has 1 heterocycles. The van der Waals surface area contributed by atoms with Gasteiger partial charge in [-0.15, -0.1) is 0 Å². The van der Waals surface area contributed by atoms with Crippen molar-refractivity contribution >= 4 is 14.1 Å². The van der Waals surface area contributed by atoms with Crippen LogP contribution in [0.5, 0.6) is 0 Å². The number of rotatable bonds is 2. The Bertz CT molecular complexity index is 447. The molecule has 1 fully saturated rings. The van der Waals surface area contributed by atoms with E-state index in [1.807, 2.05) is 6.07 Å². The number of carbonyl (C=O) groups is 1. The van der Waals surface area contributed by atoms with Crippen molar-refractivity contribution in [3.05, 3.63) is 35.9 Å². The summed E-state index contributed by atoms with van der Waals surface area (Å²) < 4.78 is 2.20. The van der Waals surface area contributed by atoms with Gasteiger partial charge in [-0.05, 0) is 10.6 Å². The minimum Gasteiger partial charge on any atom is -0.362 e. The summed E-state index contributed by atoms with van der Waals surface area (Å²) in [6, 6.07) is 10.7. The molecule has 2 rings (SSSR count). The summed E-state index contributed by atoms with van der Waals surface area (Å²) in [5.74, 6) is 0.329. The zero-order chi connectivity index (χ0) is 13.6. The van der Waals surface area contributed by atoms with Crippen molar-refractivity contribution in [2.24, 2.45) is 0 Å². The van der Waals surface area contributed by atoms with Crippen molar-refractivity contribution in [2.75, 3.05) is 0 Å². The molecule has 1 aliphatic rings. The highest BCUT2D eigenvalue weighted by Gasteiger charge is 2.51. The van der Waals surface area contributed by atoms with Crippen molar-refractivity contribution in [1.29, 1.82) is 0 Å². The van der Waals surface area contributed by atoms with Gasteiger partial charge in [0.15, 0.2) is 8.24 Å². The first-order valence-electron chi connectivity index (χ1n) is 6.62. The Labute approximate surface area is 111 Å². The average molecular weight is 261 g/mol. The lowest BCUT2D eigenvalue weighted by Gasteiger charge is -2.55. The molecule has 1 unspecified atom stereocenters. The lowest BCUT2D eigenvalue weighted by Crippen LogP contribution is -2.64. The van der Waals surface area contributed by atoms with Gasteiger partial charge in [-0.25, -0.2) is 0 Å². The van der Waals surface area contributed by atoms with Gasteiger partial charge < -0.3 is 4.57 Å². The van der Waals surface area contributed by atoms with E-state index in [1.54, 1.807) is 0 Å². The molecule has 0 bridgehead atoms. The molecule has 1 saturated heterocycles. The van der Waals surface area contributed by atoms with E-state index in [2.05, 4.69) is 62.7 Å². The van der Waals surface area contributed by atoms with Crippen LogP contribution in [-0.4, -0.2) is 18.7 Å². The van der Waals surface area contributed by atoms with E-state index in [-0.39, 0.29) is 5.04 Å². The minimum atomic E-state index is -1.75. The molecule has 0 saturated carbocycles. The maximum Gasteiger partial charge on any atom is 0.217 e. The van der Waals surface area contributed by atoms with Crippen molar-refractivity contribution in [3.8, 4) is 0 Å². The van der Waals surface area contributed by atoms with Crippen molar-refractivity contribution in [3.63, 3.8) is 0 Å². The lowest BCUT2D eigenvalue weighted by atomic mass is 9.97. The van der Waals surface area contributed by atoms with Gasteiger partial charge in [0.05, 0.1) is 6.04 Å². The fraction of sp³-hybridized carbons (Fsp3) is 0.533. The fourth-order valence-electron chi connectivity index (χ4n) is 2.42. The molecule has 0 radical (unpaired) electrons. The first-order chi connectivity index (χ1) is 8.25. The van der Waals surface area contributed by atoms with Crippen molar-refractivity contribution in [2.45, 2.75) is 51.4 Å². The molecule has 0 spiro atoms. The summed E-state index contributed by atoms with van der Waals surface area (Å²) in [6.07, 6.45) is 0.677. The second-order valence-electron chi connectivity index (χ2n) is 6.70. The Hall–Kier alpha value is -1.09. The van der Waals surface area contributed by atoms with Gasteiger partial charge in [-0.2, -0.15) is 0 Å². The Kier molecular flexibility index (Phi) is 3.14. The van der Waals surface area contributed by atoms with E-state index in [4.69, 9.17) is 0 Å². The third-order valence-electron chi connectivity index (χ3n) is 4.57.